The summed E-state index contributed by atoms with van der Waals surface area (Å²) >= 11 is 0. The van der Waals surface area contributed by atoms with Gasteiger partial charge in [-0.1, -0.05) is 13.8 Å². The van der Waals surface area contributed by atoms with Crippen LogP contribution in [0.15, 0.2) is 0 Å². The van der Waals surface area contributed by atoms with Gasteiger partial charge in [-0.05, 0) is 20.3 Å². The summed E-state index contributed by atoms with van der Waals surface area (Å²) < 4.78 is 5.60. The van der Waals surface area contributed by atoms with Crippen molar-refractivity contribution in [2.24, 2.45) is 5.41 Å². The van der Waals surface area contributed by atoms with Gasteiger partial charge in [0.2, 0.25) is 0 Å². The molecular weight excluding hydrogens is 190 g/mol. The Morgan fingerprint density at radius 2 is 2.13 bits per heavy atom. The fourth-order valence-corrected chi connectivity index (χ4v) is 1.96. The first-order valence-electron chi connectivity index (χ1n) is 5.97. The van der Waals surface area contributed by atoms with Crippen molar-refractivity contribution < 1.29 is 9.84 Å². The quantitative estimate of drug-likeness (QED) is 0.771. The Morgan fingerprint density at radius 3 is 2.67 bits per heavy atom. The van der Waals surface area contributed by atoms with Crippen molar-refractivity contribution in [3.8, 4) is 0 Å². The third kappa shape index (κ3) is 3.44. The number of morpholine rings is 1. The van der Waals surface area contributed by atoms with Crippen LogP contribution in [0.25, 0.3) is 0 Å². The highest BCUT2D eigenvalue weighted by Gasteiger charge is 2.30. The van der Waals surface area contributed by atoms with E-state index in [1.165, 1.54) is 0 Å². The minimum absolute atomic E-state index is 0.0331. The molecule has 0 aromatic carbocycles. The van der Waals surface area contributed by atoms with Crippen molar-refractivity contribution in [1.82, 2.24) is 4.90 Å². The lowest BCUT2D eigenvalue weighted by atomic mass is 9.87. The molecule has 1 rings (SSSR count). The van der Waals surface area contributed by atoms with E-state index in [0.717, 1.165) is 26.1 Å². The van der Waals surface area contributed by atoms with Crippen LogP contribution in [0.2, 0.25) is 0 Å². The van der Waals surface area contributed by atoms with E-state index < -0.39 is 0 Å². The molecule has 3 heteroatoms. The lowest BCUT2D eigenvalue weighted by Gasteiger charge is -2.41. The Balaban J connectivity index is 2.54. The van der Waals surface area contributed by atoms with Crippen molar-refractivity contribution >= 4 is 0 Å². The highest BCUT2D eigenvalue weighted by Crippen LogP contribution is 2.24. The smallest absolute Gasteiger partial charge is 0.0674 e. The van der Waals surface area contributed by atoms with Gasteiger partial charge in [-0.2, -0.15) is 0 Å². The zero-order valence-corrected chi connectivity index (χ0v) is 10.5. The molecule has 1 heterocycles. The first kappa shape index (κ1) is 12.9. The summed E-state index contributed by atoms with van der Waals surface area (Å²) in [5, 5.41) is 9.41. The Morgan fingerprint density at radius 1 is 1.47 bits per heavy atom. The third-order valence-electron chi connectivity index (χ3n) is 3.56. The van der Waals surface area contributed by atoms with E-state index >= 15 is 0 Å². The average Bonchev–Trinajstić information content (AvgIpc) is 2.23. The van der Waals surface area contributed by atoms with E-state index in [9.17, 15) is 5.11 Å². The van der Waals surface area contributed by atoms with E-state index in [0.29, 0.717) is 12.1 Å². The number of ether oxygens (including phenoxy) is 1. The van der Waals surface area contributed by atoms with Crippen LogP contribution >= 0.6 is 0 Å². The molecule has 90 valence electrons. The second-order valence-corrected chi connectivity index (χ2v) is 5.24. The molecule has 1 N–H and O–H groups in total. The fraction of sp³-hybridized carbons (Fsp3) is 1.00. The van der Waals surface area contributed by atoms with Crippen molar-refractivity contribution in [3.05, 3.63) is 0 Å². The topological polar surface area (TPSA) is 32.7 Å². The first-order chi connectivity index (χ1) is 7.00. The van der Waals surface area contributed by atoms with Crippen molar-refractivity contribution in [1.29, 1.82) is 0 Å². The van der Waals surface area contributed by atoms with E-state index in [-0.39, 0.29) is 12.0 Å². The van der Waals surface area contributed by atoms with Crippen LogP contribution in [0.3, 0.4) is 0 Å². The zero-order valence-electron chi connectivity index (χ0n) is 10.5. The van der Waals surface area contributed by atoms with Gasteiger partial charge in [-0.3, -0.25) is 4.90 Å². The lowest BCUT2D eigenvalue weighted by Crippen LogP contribution is -2.51. The number of hydrogen-bond acceptors (Lipinski definition) is 3. The molecular formula is C12H25NO2. The van der Waals surface area contributed by atoms with E-state index in [1.807, 2.05) is 0 Å². The SMILES string of the molecule is CCC(C)(CO)CN1CC(C)OCC1C. The summed E-state index contributed by atoms with van der Waals surface area (Å²) in [6.07, 6.45) is 1.34. The average molecular weight is 215 g/mol. The van der Waals surface area contributed by atoms with E-state index in [1.54, 1.807) is 0 Å². The monoisotopic (exact) mass is 215 g/mol. The molecule has 0 amide bonds. The summed E-state index contributed by atoms with van der Waals surface area (Å²) in [5.74, 6) is 0. The molecule has 0 aromatic heterocycles. The van der Waals surface area contributed by atoms with Gasteiger partial charge in [-0.15, -0.1) is 0 Å². The third-order valence-corrected chi connectivity index (χ3v) is 3.56. The maximum absolute atomic E-state index is 9.41. The number of nitrogens with zero attached hydrogens (tertiary/aromatic N) is 1. The van der Waals surface area contributed by atoms with Crippen LogP contribution in [0.1, 0.15) is 34.1 Å². The van der Waals surface area contributed by atoms with Crippen molar-refractivity contribution in [2.75, 3.05) is 26.3 Å². The fourth-order valence-electron chi connectivity index (χ4n) is 1.96. The standard InChI is InChI=1S/C12H25NO2/c1-5-12(4,9-14)8-13-6-11(3)15-7-10(13)2/h10-11,14H,5-9H2,1-4H3. The Kier molecular flexibility index (Phi) is 4.56. The number of rotatable bonds is 4. The largest absolute Gasteiger partial charge is 0.396 e. The van der Waals surface area contributed by atoms with Crippen LogP contribution in [0, 0.1) is 5.41 Å². The normalized spacial score (nSPS) is 32.6. The van der Waals surface area contributed by atoms with Crippen LogP contribution in [-0.4, -0.2) is 48.5 Å². The molecule has 1 aliphatic heterocycles. The maximum Gasteiger partial charge on any atom is 0.0674 e. The Labute approximate surface area is 93.4 Å². The van der Waals surface area contributed by atoms with Crippen LogP contribution in [-0.2, 0) is 4.74 Å². The molecule has 1 aliphatic rings. The molecule has 0 spiro atoms. The number of aliphatic hydroxyl groups is 1. The molecule has 3 atom stereocenters. The van der Waals surface area contributed by atoms with Crippen LogP contribution < -0.4 is 0 Å². The van der Waals surface area contributed by atoms with Gasteiger partial charge in [0.25, 0.3) is 0 Å². The minimum atomic E-state index is 0.0331. The molecule has 0 saturated carbocycles. The summed E-state index contributed by atoms with van der Waals surface area (Å²) in [6, 6.07) is 0.471. The minimum Gasteiger partial charge on any atom is -0.396 e. The van der Waals surface area contributed by atoms with Gasteiger partial charge in [0.05, 0.1) is 12.7 Å². The predicted molar refractivity (Wildman–Crippen MR) is 61.9 cm³/mol. The molecule has 1 saturated heterocycles. The second kappa shape index (κ2) is 5.28. The molecule has 15 heavy (non-hydrogen) atoms. The van der Waals surface area contributed by atoms with E-state index in [2.05, 4.69) is 32.6 Å². The molecule has 0 radical (unpaired) electrons. The maximum atomic E-state index is 9.41. The van der Waals surface area contributed by atoms with Crippen molar-refractivity contribution in [3.63, 3.8) is 0 Å². The van der Waals surface area contributed by atoms with Crippen LogP contribution in [0.5, 0.6) is 0 Å². The molecule has 3 unspecified atom stereocenters. The van der Waals surface area contributed by atoms with Crippen LogP contribution in [0.4, 0.5) is 0 Å². The summed E-state index contributed by atoms with van der Waals surface area (Å²) in [4.78, 5) is 2.44. The molecule has 0 bridgehead atoms. The Hall–Kier alpha value is -0.120. The molecule has 3 nitrogen and oxygen atoms in total. The predicted octanol–water partition coefficient (Wildman–Crippen LogP) is 1.50. The van der Waals surface area contributed by atoms with Gasteiger partial charge >= 0.3 is 0 Å². The summed E-state index contributed by atoms with van der Waals surface area (Å²) in [6.45, 7) is 11.6. The van der Waals surface area contributed by atoms with Gasteiger partial charge in [0, 0.05) is 31.2 Å². The molecule has 0 aliphatic carbocycles. The van der Waals surface area contributed by atoms with Gasteiger partial charge in [-0.25, -0.2) is 0 Å². The second-order valence-electron chi connectivity index (χ2n) is 5.24. The number of aliphatic hydroxyl groups excluding tert-OH is 1. The first-order valence-corrected chi connectivity index (χ1v) is 5.97. The van der Waals surface area contributed by atoms with Gasteiger partial charge in [0.15, 0.2) is 0 Å². The molecule has 0 aromatic rings. The summed E-state index contributed by atoms with van der Waals surface area (Å²) in [5.41, 5.74) is 0.0331. The number of hydrogen-bond donors (Lipinski definition) is 1. The zero-order chi connectivity index (χ0) is 11.5. The molecule has 1 fully saturated rings. The highest BCUT2D eigenvalue weighted by molar-refractivity contribution is 4.82. The van der Waals surface area contributed by atoms with Gasteiger partial charge in [0.1, 0.15) is 0 Å². The Bertz CT molecular complexity index is 192. The lowest BCUT2D eigenvalue weighted by molar-refractivity contribution is -0.0669. The highest BCUT2D eigenvalue weighted by atomic mass is 16.5. The van der Waals surface area contributed by atoms with E-state index in [4.69, 9.17) is 4.74 Å². The summed E-state index contributed by atoms with van der Waals surface area (Å²) in [7, 11) is 0. The van der Waals surface area contributed by atoms with Gasteiger partial charge < -0.3 is 9.84 Å². The van der Waals surface area contributed by atoms with Crippen molar-refractivity contribution in [2.45, 2.75) is 46.3 Å².